The van der Waals surface area contributed by atoms with Crippen molar-refractivity contribution in [2.45, 2.75) is 6.42 Å². The van der Waals surface area contributed by atoms with Gasteiger partial charge in [-0.3, -0.25) is 10.1 Å². The molecule has 0 spiro atoms. The van der Waals surface area contributed by atoms with Crippen molar-refractivity contribution < 1.29 is 9.66 Å². The Hall–Kier alpha value is -1.80. The summed E-state index contributed by atoms with van der Waals surface area (Å²) >= 11 is 5.86. The normalized spacial score (nSPS) is 9.40. The Morgan fingerprint density at radius 3 is 2.80 bits per heavy atom. The van der Waals surface area contributed by atoms with E-state index in [1.807, 2.05) is 6.07 Å². The van der Waals surface area contributed by atoms with Gasteiger partial charge in [0, 0.05) is 6.07 Å². The quantitative estimate of drug-likeness (QED) is 0.585. The molecular formula is C9H7ClN2O3. The number of nitro groups is 1. The molecule has 1 aromatic rings. The van der Waals surface area contributed by atoms with Gasteiger partial charge in [-0.15, -0.1) is 0 Å². The van der Waals surface area contributed by atoms with Gasteiger partial charge in [0.1, 0.15) is 5.75 Å². The molecule has 0 aliphatic heterocycles. The van der Waals surface area contributed by atoms with Crippen LogP contribution in [-0.2, 0) is 6.42 Å². The number of nitriles is 1. The van der Waals surface area contributed by atoms with Crippen LogP contribution in [0.2, 0.25) is 5.02 Å². The molecule has 15 heavy (non-hydrogen) atoms. The Balaban J connectivity index is 3.38. The van der Waals surface area contributed by atoms with E-state index in [1.165, 1.54) is 19.2 Å². The Morgan fingerprint density at radius 2 is 2.33 bits per heavy atom. The van der Waals surface area contributed by atoms with Crippen molar-refractivity contribution in [3.05, 3.63) is 32.8 Å². The van der Waals surface area contributed by atoms with Gasteiger partial charge in [-0.2, -0.15) is 5.26 Å². The lowest BCUT2D eigenvalue weighted by atomic mass is 10.1. The van der Waals surface area contributed by atoms with Crippen LogP contribution in [0.4, 0.5) is 5.69 Å². The second-order valence-electron chi connectivity index (χ2n) is 2.67. The van der Waals surface area contributed by atoms with Crippen LogP contribution in [0.15, 0.2) is 12.1 Å². The predicted molar refractivity (Wildman–Crippen MR) is 54.0 cm³/mol. The zero-order chi connectivity index (χ0) is 11.4. The van der Waals surface area contributed by atoms with Gasteiger partial charge in [-0.25, -0.2) is 0 Å². The van der Waals surface area contributed by atoms with Crippen molar-refractivity contribution in [1.29, 1.82) is 5.26 Å². The van der Waals surface area contributed by atoms with E-state index in [9.17, 15) is 10.1 Å². The summed E-state index contributed by atoms with van der Waals surface area (Å²) in [5.74, 6) is 0.326. The molecule has 1 aromatic carbocycles. The summed E-state index contributed by atoms with van der Waals surface area (Å²) in [6.07, 6.45) is -0.119. The molecule has 0 radical (unpaired) electrons. The lowest BCUT2D eigenvalue weighted by molar-refractivity contribution is -0.385. The lowest BCUT2D eigenvalue weighted by Crippen LogP contribution is -1.97. The van der Waals surface area contributed by atoms with Crippen molar-refractivity contribution in [2.75, 3.05) is 7.11 Å². The number of methoxy groups -OCH3 is 1. The molecule has 0 aliphatic rings. The van der Waals surface area contributed by atoms with Crippen LogP contribution in [0.25, 0.3) is 0 Å². The summed E-state index contributed by atoms with van der Waals surface area (Å²) < 4.78 is 4.90. The van der Waals surface area contributed by atoms with E-state index in [2.05, 4.69) is 0 Å². The molecule has 0 saturated heterocycles. The minimum atomic E-state index is -0.571. The molecule has 0 aromatic heterocycles. The van der Waals surface area contributed by atoms with Crippen LogP contribution in [0.5, 0.6) is 5.75 Å². The monoisotopic (exact) mass is 226 g/mol. The number of rotatable bonds is 3. The largest absolute Gasteiger partial charge is 0.495 e. The van der Waals surface area contributed by atoms with Gasteiger partial charge >= 0.3 is 0 Å². The summed E-state index contributed by atoms with van der Waals surface area (Å²) in [4.78, 5) is 10.1. The smallest absolute Gasteiger partial charge is 0.275 e. The molecule has 0 unspecified atom stereocenters. The van der Waals surface area contributed by atoms with Crippen molar-refractivity contribution in [3.63, 3.8) is 0 Å². The average molecular weight is 227 g/mol. The maximum Gasteiger partial charge on any atom is 0.275 e. The Labute approximate surface area is 91.0 Å². The second-order valence-corrected chi connectivity index (χ2v) is 3.05. The van der Waals surface area contributed by atoms with Gasteiger partial charge < -0.3 is 4.74 Å². The maximum absolute atomic E-state index is 10.6. The summed E-state index contributed by atoms with van der Waals surface area (Å²) in [6.45, 7) is 0. The zero-order valence-electron chi connectivity index (χ0n) is 7.86. The minimum Gasteiger partial charge on any atom is -0.495 e. The summed E-state index contributed by atoms with van der Waals surface area (Å²) in [5, 5.41) is 19.3. The van der Waals surface area contributed by atoms with Crippen LogP contribution in [0.1, 0.15) is 5.56 Å². The highest BCUT2D eigenvalue weighted by Crippen LogP contribution is 2.34. The number of ether oxygens (including phenoxy) is 1. The molecule has 0 fully saturated rings. The summed E-state index contributed by atoms with van der Waals surface area (Å²) in [6, 6.07) is 4.51. The maximum atomic E-state index is 10.6. The number of benzene rings is 1. The Kier molecular flexibility index (Phi) is 3.47. The van der Waals surface area contributed by atoms with Gasteiger partial charge in [-0.05, 0) is 6.07 Å². The highest BCUT2D eigenvalue weighted by atomic mass is 35.5. The fraction of sp³-hybridized carbons (Fsp3) is 0.222. The summed E-state index contributed by atoms with van der Waals surface area (Å²) in [7, 11) is 1.41. The number of hydrogen-bond donors (Lipinski definition) is 0. The van der Waals surface area contributed by atoms with Gasteiger partial charge in [0.25, 0.3) is 5.69 Å². The molecule has 5 nitrogen and oxygen atoms in total. The Bertz CT molecular complexity index is 440. The van der Waals surface area contributed by atoms with E-state index in [0.29, 0.717) is 5.75 Å². The first-order chi connectivity index (χ1) is 7.11. The van der Waals surface area contributed by atoms with Gasteiger partial charge in [-0.1, -0.05) is 11.6 Å². The number of nitrogens with zero attached hydrogens (tertiary/aromatic N) is 2. The van der Waals surface area contributed by atoms with Gasteiger partial charge in [0.05, 0.1) is 35.1 Å². The van der Waals surface area contributed by atoms with Crippen LogP contribution in [-0.4, -0.2) is 12.0 Å². The number of nitro benzene ring substituents is 1. The van der Waals surface area contributed by atoms with E-state index >= 15 is 0 Å². The molecule has 0 saturated carbocycles. The lowest BCUT2D eigenvalue weighted by Gasteiger charge is -2.06. The molecule has 6 heteroatoms. The molecule has 0 bridgehead atoms. The highest BCUT2D eigenvalue weighted by Gasteiger charge is 2.19. The summed E-state index contributed by atoms with van der Waals surface area (Å²) in [5.41, 5.74) is 0.0193. The third-order valence-electron chi connectivity index (χ3n) is 1.86. The fourth-order valence-corrected chi connectivity index (χ4v) is 1.47. The van der Waals surface area contributed by atoms with E-state index in [4.69, 9.17) is 21.6 Å². The van der Waals surface area contributed by atoms with E-state index < -0.39 is 4.92 Å². The van der Waals surface area contributed by atoms with Crippen molar-refractivity contribution >= 4 is 17.3 Å². The first-order valence-electron chi connectivity index (χ1n) is 3.98. The fourth-order valence-electron chi connectivity index (χ4n) is 1.17. The molecular weight excluding hydrogens is 220 g/mol. The predicted octanol–water partition coefficient (Wildman–Crippen LogP) is 2.32. The topological polar surface area (TPSA) is 76.2 Å². The van der Waals surface area contributed by atoms with Gasteiger partial charge in [0.15, 0.2) is 0 Å². The van der Waals surface area contributed by atoms with Crippen molar-refractivity contribution in [1.82, 2.24) is 0 Å². The van der Waals surface area contributed by atoms with Crippen LogP contribution >= 0.6 is 11.6 Å². The molecule has 0 N–H and O–H groups in total. The molecule has 0 amide bonds. The second kappa shape index (κ2) is 4.62. The van der Waals surface area contributed by atoms with Crippen LogP contribution < -0.4 is 4.74 Å². The van der Waals surface area contributed by atoms with Crippen molar-refractivity contribution in [2.24, 2.45) is 0 Å². The first-order valence-corrected chi connectivity index (χ1v) is 4.36. The van der Waals surface area contributed by atoms with E-state index in [-0.39, 0.29) is 22.7 Å². The SMILES string of the molecule is COc1ccc([N+](=O)[O-])c(CC#N)c1Cl. The van der Waals surface area contributed by atoms with E-state index in [0.717, 1.165) is 0 Å². The molecule has 1 rings (SSSR count). The van der Waals surface area contributed by atoms with Crippen molar-refractivity contribution in [3.8, 4) is 11.8 Å². The molecule has 0 heterocycles. The third-order valence-corrected chi connectivity index (χ3v) is 2.27. The third kappa shape index (κ3) is 2.17. The molecule has 0 atom stereocenters. The molecule has 0 aliphatic carbocycles. The molecule has 78 valence electrons. The minimum absolute atomic E-state index is 0.119. The average Bonchev–Trinajstić information content (AvgIpc) is 2.20. The Morgan fingerprint density at radius 1 is 1.67 bits per heavy atom. The standard InChI is InChI=1S/C9H7ClN2O3/c1-15-8-3-2-7(12(13)14)6(4-5-11)9(8)10/h2-3H,4H2,1H3. The highest BCUT2D eigenvalue weighted by molar-refractivity contribution is 6.33. The first kappa shape index (κ1) is 11.3. The number of hydrogen-bond acceptors (Lipinski definition) is 4. The van der Waals surface area contributed by atoms with Gasteiger partial charge in [0.2, 0.25) is 0 Å². The number of halogens is 1. The van der Waals surface area contributed by atoms with Crippen LogP contribution in [0.3, 0.4) is 0 Å². The van der Waals surface area contributed by atoms with Crippen LogP contribution in [0, 0.1) is 21.4 Å². The van der Waals surface area contributed by atoms with E-state index in [1.54, 1.807) is 0 Å². The zero-order valence-corrected chi connectivity index (χ0v) is 8.61.